The van der Waals surface area contributed by atoms with Gasteiger partial charge in [-0.3, -0.25) is 4.79 Å². The second-order valence-electron chi connectivity index (χ2n) is 5.98. The third-order valence-electron chi connectivity index (χ3n) is 3.88. The second-order valence-corrected chi connectivity index (χ2v) is 5.98. The van der Waals surface area contributed by atoms with E-state index in [4.69, 9.17) is 10.6 Å². The fraction of sp³-hybridized carbons (Fsp3) is 0.0476. The number of nitrogen functional groups attached to an aromatic ring is 1. The maximum atomic E-state index is 12.1. The molecular weight excluding hydrogens is 356 g/mol. The number of nitrogens with one attached hydrogen (secondary N) is 1. The van der Waals surface area contributed by atoms with Crippen LogP contribution in [-0.2, 0) is 4.84 Å². The SMILES string of the molecule is Cc1ccccc1C(=O)ONc1ccc(N=NC(=O)c2cccc(N)c2)cc1. The molecule has 3 aromatic rings. The van der Waals surface area contributed by atoms with Gasteiger partial charge in [0.05, 0.1) is 16.9 Å². The third-order valence-corrected chi connectivity index (χ3v) is 3.88. The van der Waals surface area contributed by atoms with E-state index in [0.717, 1.165) is 5.56 Å². The summed E-state index contributed by atoms with van der Waals surface area (Å²) >= 11 is 0. The van der Waals surface area contributed by atoms with E-state index in [1.165, 1.54) is 6.07 Å². The van der Waals surface area contributed by atoms with Crippen LogP contribution in [0.1, 0.15) is 26.3 Å². The zero-order chi connectivity index (χ0) is 19.9. The molecular formula is C21H18N4O3. The predicted molar refractivity (Wildman–Crippen MR) is 106 cm³/mol. The molecule has 0 saturated heterocycles. The van der Waals surface area contributed by atoms with Crippen molar-refractivity contribution in [3.8, 4) is 0 Å². The van der Waals surface area contributed by atoms with Crippen LogP contribution in [0.5, 0.6) is 0 Å². The summed E-state index contributed by atoms with van der Waals surface area (Å²) in [5.41, 5.74) is 11.4. The first kappa shape index (κ1) is 18.8. The Hall–Kier alpha value is -4.00. The molecule has 0 radical (unpaired) electrons. The van der Waals surface area contributed by atoms with Crippen LogP contribution in [0.4, 0.5) is 17.1 Å². The number of amides is 1. The van der Waals surface area contributed by atoms with Crippen molar-refractivity contribution in [1.29, 1.82) is 0 Å². The number of hydrogen-bond acceptors (Lipinski definition) is 6. The zero-order valence-electron chi connectivity index (χ0n) is 15.1. The molecule has 3 rings (SSSR count). The first-order valence-electron chi connectivity index (χ1n) is 8.47. The molecule has 7 nitrogen and oxygen atoms in total. The van der Waals surface area contributed by atoms with Crippen molar-refractivity contribution in [1.82, 2.24) is 0 Å². The number of carbonyl (C=O) groups excluding carboxylic acids is 2. The standard InChI is InChI=1S/C21H18N4O3/c1-14-5-2-3-8-19(14)21(27)28-25-18-11-9-17(10-12-18)23-24-20(26)15-6-4-7-16(22)13-15/h2-13,25H,22H2,1H3. The molecule has 0 unspecified atom stereocenters. The smallest absolute Gasteiger partial charge is 0.363 e. The number of anilines is 2. The normalized spacial score (nSPS) is 10.6. The van der Waals surface area contributed by atoms with Crippen molar-refractivity contribution in [2.24, 2.45) is 10.2 Å². The molecule has 28 heavy (non-hydrogen) atoms. The van der Waals surface area contributed by atoms with Crippen molar-refractivity contribution >= 4 is 28.9 Å². The number of aryl methyl sites for hydroxylation is 1. The molecule has 0 saturated carbocycles. The molecule has 3 aromatic carbocycles. The van der Waals surface area contributed by atoms with E-state index < -0.39 is 11.9 Å². The molecule has 0 atom stereocenters. The Bertz CT molecular complexity index is 1030. The van der Waals surface area contributed by atoms with Gasteiger partial charge in [0.1, 0.15) is 0 Å². The minimum Gasteiger partial charge on any atom is -0.399 e. The quantitative estimate of drug-likeness (QED) is 0.383. The van der Waals surface area contributed by atoms with Crippen molar-refractivity contribution in [3.63, 3.8) is 0 Å². The Morgan fingerprint density at radius 3 is 2.43 bits per heavy atom. The van der Waals surface area contributed by atoms with Gasteiger partial charge in [-0.1, -0.05) is 24.3 Å². The van der Waals surface area contributed by atoms with Gasteiger partial charge in [0, 0.05) is 11.3 Å². The number of benzene rings is 3. The van der Waals surface area contributed by atoms with E-state index in [-0.39, 0.29) is 0 Å². The second kappa shape index (κ2) is 8.59. The van der Waals surface area contributed by atoms with Gasteiger partial charge in [-0.15, -0.1) is 10.2 Å². The third kappa shape index (κ3) is 4.79. The Morgan fingerprint density at radius 1 is 0.964 bits per heavy atom. The van der Waals surface area contributed by atoms with Gasteiger partial charge >= 0.3 is 5.97 Å². The van der Waals surface area contributed by atoms with Crippen molar-refractivity contribution in [3.05, 3.63) is 89.5 Å². The van der Waals surface area contributed by atoms with E-state index in [9.17, 15) is 9.59 Å². The maximum Gasteiger partial charge on any atom is 0.363 e. The van der Waals surface area contributed by atoms with Crippen molar-refractivity contribution < 1.29 is 14.4 Å². The summed E-state index contributed by atoms with van der Waals surface area (Å²) in [5, 5.41) is 7.59. The van der Waals surface area contributed by atoms with Crippen LogP contribution in [0.3, 0.4) is 0 Å². The van der Waals surface area contributed by atoms with Crippen molar-refractivity contribution in [2.75, 3.05) is 11.2 Å². The minimum absolute atomic E-state index is 0.366. The molecule has 140 valence electrons. The lowest BCUT2D eigenvalue weighted by Gasteiger charge is -2.08. The number of nitrogens with zero attached hydrogens (tertiary/aromatic N) is 2. The fourth-order valence-electron chi connectivity index (χ4n) is 2.39. The molecule has 0 aliphatic carbocycles. The van der Waals surface area contributed by atoms with Gasteiger partial charge < -0.3 is 10.6 Å². The van der Waals surface area contributed by atoms with Gasteiger partial charge in [0.15, 0.2) is 0 Å². The largest absolute Gasteiger partial charge is 0.399 e. The zero-order valence-corrected chi connectivity index (χ0v) is 15.1. The molecule has 3 N–H and O–H groups in total. The molecule has 0 bridgehead atoms. The number of azo groups is 1. The summed E-state index contributed by atoms with van der Waals surface area (Å²) in [6, 6.07) is 20.3. The van der Waals surface area contributed by atoms with Gasteiger partial charge in [-0.25, -0.2) is 10.3 Å². The Balaban J connectivity index is 1.58. The number of carbonyl (C=O) groups is 2. The van der Waals surface area contributed by atoms with Crippen LogP contribution in [0.15, 0.2) is 83.0 Å². The summed E-state index contributed by atoms with van der Waals surface area (Å²) in [7, 11) is 0. The van der Waals surface area contributed by atoms with Gasteiger partial charge in [-0.05, 0) is 61.0 Å². The highest BCUT2D eigenvalue weighted by Gasteiger charge is 2.10. The van der Waals surface area contributed by atoms with Crippen LogP contribution in [0.25, 0.3) is 0 Å². The summed E-state index contributed by atoms with van der Waals surface area (Å²) in [5.74, 6) is -0.962. The topological polar surface area (TPSA) is 106 Å². The summed E-state index contributed by atoms with van der Waals surface area (Å²) in [6.45, 7) is 1.83. The fourth-order valence-corrected chi connectivity index (χ4v) is 2.39. The lowest BCUT2D eigenvalue weighted by Crippen LogP contribution is -2.11. The van der Waals surface area contributed by atoms with Crippen LogP contribution in [0.2, 0.25) is 0 Å². The molecule has 7 heteroatoms. The molecule has 0 aliphatic heterocycles. The van der Waals surface area contributed by atoms with E-state index in [1.807, 2.05) is 19.1 Å². The van der Waals surface area contributed by atoms with E-state index >= 15 is 0 Å². The number of rotatable bonds is 5. The number of nitrogens with two attached hydrogens (primary N) is 1. The minimum atomic E-state index is -0.485. The summed E-state index contributed by atoms with van der Waals surface area (Å²) in [4.78, 5) is 29.2. The predicted octanol–water partition coefficient (Wildman–Crippen LogP) is 4.69. The average molecular weight is 374 g/mol. The van der Waals surface area contributed by atoms with Crippen molar-refractivity contribution in [2.45, 2.75) is 6.92 Å². The van der Waals surface area contributed by atoms with Crippen LogP contribution >= 0.6 is 0 Å². The molecule has 0 spiro atoms. The van der Waals surface area contributed by atoms with E-state index in [2.05, 4.69) is 15.7 Å². The Morgan fingerprint density at radius 2 is 1.71 bits per heavy atom. The molecule has 1 amide bonds. The molecule has 0 aliphatic rings. The summed E-state index contributed by atoms with van der Waals surface area (Å²) < 4.78 is 0. The summed E-state index contributed by atoms with van der Waals surface area (Å²) in [6.07, 6.45) is 0. The van der Waals surface area contributed by atoms with Crippen LogP contribution in [-0.4, -0.2) is 11.9 Å². The van der Waals surface area contributed by atoms with Crippen LogP contribution < -0.4 is 11.2 Å². The van der Waals surface area contributed by atoms with Crippen LogP contribution in [0, 0.1) is 6.92 Å². The molecule has 0 aromatic heterocycles. The molecule has 0 heterocycles. The van der Waals surface area contributed by atoms with E-state index in [0.29, 0.717) is 28.2 Å². The number of hydrogen-bond donors (Lipinski definition) is 2. The maximum absolute atomic E-state index is 12.1. The molecule has 0 fully saturated rings. The highest BCUT2D eigenvalue weighted by molar-refractivity contribution is 5.95. The monoisotopic (exact) mass is 374 g/mol. The van der Waals surface area contributed by atoms with Gasteiger partial charge in [0.2, 0.25) is 0 Å². The first-order valence-corrected chi connectivity index (χ1v) is 8.47. The average Bonchev–Trinajstić information content (AvgIpc) is 2.71. The first-order chi connectivity index (χ1) is 13.5. The lowest BCUT2D eigenvalue weighted by molar-refractivity contribution is 0.0595. The highest BCUT2D eigenvalue weighted by atomic mass is 16.7. The van der Waals surface area contributed by atoms with Gasteiger partial charge in [0.25, 0.3) is 5.91 Å². The Labute approximate surface area is 161 Å². The highest BCUT2D eigenvalue weighted by Crippen LogP contribution is 2.18. The van der Waals surface area contributed by atoms with E-state index in [1.54, 1.807) is 54.6 Å². The van der Waals surface area contributed by atoms with Gasteiger partial charge in [-0.2, -0.15) is 0 Å². The Kier molecular flexibility index (Phi) is 5.76. The lowest BCUT2D eigenvalue weighted by atomic mass is 10.1.